The van der Waals surface area contributed by atoms with E-state index >= 15 is 4.39 Å². The lowest BCUT2D eigenvalue weighted by Crippen LogP contribution is -2.27. The zero-order valence-electron chi connectivity index (χ0n) is 20.1. The number of hydrogen-bond donors (Lipinski definition) is 1. The Labute approximate surface area is 225 Å². The number of rotatable bonds is 7. The van der Waals surface area contributed by atoms with E-state index in [2.05, 4.69) is 10.3 Å². The fourth-order valence-electron chi connectivity index (χ4n) is 4.62. The van der Waals surface area contributed by atoms with E-state index in [0.717, 1.165) is 13.0 Å². The first-order valence-electron chi connectivity index (χ1n) is 12.0. The number of carbonyl (C=O) groups is 1. The zero-order chi connectivity index (χ0) is 26.1. The number of nitrogens with one attached hydrogen (secondary N) is 1. The molecule has 1 aliphatic heterocycles. The van der Waals surface area contributed by atoms with Crippen LogP contribution in [0, 0.1) is 22.1 Å². The Balaban J connectivity index is 1.63. The molecule has 1 saturated heterocycles. The van der Waals surface area contributed by atoms with E-state index < -0.39 is 11.4 Å². The summed E-state index contributed by atoms with van der Waals surface area (Å²) in [4.78, 5) is 36.2. The second-order valence-corrected chi connectivity index (χ2v) is 10.1. The summed E-state index contributed by atoms with van der Waals surface area (Å²) in [5, 5.41) is 3.73. The molecule has 0 bridgehead atoms. The molecule has 3 heterocycles. The third kappa shape index (κ3) is 5.07. The summed E-state index contributed by atoms with van der Waals surface area (Å²) in [6.07, 6.45) is 2.16. The van der Waals surface area contributed by atoms with Gasteiger partial charge in [0.15, 0.2) is 5.65 Å². The van der Waals surface area contributed by atoms with Crippen LogP contribution >= 0.6 is 22.6 Å². The van der Waals surface area contributed by atoms with Crippen molar-refractivity contribution in [3.8, 4) is 16.9 Å². The minimum Gasteiger partial charge on any atom is -0.354 e. The number of nitrogens with zero attached hydrogens (tertiary/aromatic N) is 4. The molecular formula is C27H24F2IN5O2. The average Bonchev–Trinajstić information content (AvgIpc) is 3.27. The summed E-state index contributed by atoms with van der Waals surface area (Å²) < 4.78 is 30.7. The average molecular weight is 615 g/mol. The van der Waals surface area contributed by atoms with Crippen LogP contribution in [0.25, 0.3) is 28.0 Å². The van der Waals surface area contributed by atoms with Gasteiger partial charge in [0.05, 0.1) is 11.4 Å². The third-order valence-corrected chi connectivity index (χ3v) is 7.28. The van der Waals surface area contributed by atoms with E-state index in [1.807, 2.05) is 27.5 Å². The third-order valence-electron chi connectivity index (χ3n) is 6.41. The molecule has 2 aromatic heterocycles. The monoisotopic (exact) mass is 615 g/mol. The van der Waals surface area contributed by atoms with Crippen LogP contribution in [0.3, 0.4) is 0 Å². The lowest BCUT2D eigenvalue weighted by molar-refractivity contribution is -0.127. The van der Waals surface area contributed by atoms with Gasteiger partial charge in [-0.25, -0.2) is 13.8 Å². The van der Waals surface area contributed by atoms with Gasteiger partial charge in [-0.3, -0.25) is 14.2 Å². The number of para-hydroxylation sites is 1. The van der Waals surface area contributed by atoms with Crippen LogP contribution < -0.4 is 10.9 Å². The first-order valence-corrected chi connectivity index (χ1v) is 13.1. The van der Waals surface area contributed by atoms with Gasteiger partial charge in [-0.15, -0.1) is 0 Å². The first-order chi connectivity index (χ1) is 17.8. The minimum absolute atomic E-state index is 0.109. The second-order valence-electron chi connectivity index (χ2n) is 8.93. The Hall–Kier alpha value is -3.41. The highest BCUT2D eigenvalue weighted by atomic mass is 127. The summed E-state index contributed by atoms with van der Waals surface area (Å²) in [6.45, 7) is 3.67. The molecule has 1 N–H and O–H groups in total. The van der Waals surface area contributed by atoms with E-state index in [1.54, 1.807) is 31.2 Å². The topological polar surface area (TPSA) is 80.1 Å². The summed E-state index contributed by atoms with van der Waals surface area (Å²) in [5.41, 5.74) is 1.75. The van der Waals surface area contributed by atoms with Crippen molar-refractivity contribution < 1.29 is 13.6 Å². The van der Waals surface area contributed by atoms with E-state index in [1.165, 1.54) is 28.8 Å². The molecule has 190 valence electrons. The number of aromatic nitrogens is 3. The predicted molar refractivity (Wildman–Crippen MR) is 147 cm³/mol. The Morgan fingerprint density at radius 1 is 1.08 bits per heavy atom. The lowest BCUT2D eigenvalue weighted by Gasteiger charge is -2.17. The Bertz CT molecular complexity index is 1550. The highest BCUT2D eigenvalue weighted by Crippen LogP contribution is 2.31. The van der Waals surface area contributed by atoms with Gasteiger partial charge in [-0.1, -0.05) is 6.07 Å². The number of anilines is 1. The Kier molecular flexibility index (Phi) is 7.18. The van der Waals surface area contributed by atoms with E-state index in [9.17, 15) is 14.0 Å². The number of amides is 1. The summed E-state index contributed by atoms with van der Waals surface area (Å²) in [6, 6.07) is 12.0. The molecule has 4 aromatic rings. The molecule has 0 aliphatic carbocycles. The van der Waals surface area contributed by atoms with Crippen LogP contribution in [0.1, 0.15) is 24.8 Å². The molecule has 5 rings (SSSR count). The van der Waals surface area contributed by atoms with Gasteiger partial charge in [0.1, 0.15) is 11.6 Å². The molecule has 2 aromatic carbocycles. The number of fused-ring (bicyclic) bond motifs is 1. The maximum absolute atomic E-state index is 15.0. The highest BCUT2D eigenvalue weighted by Gasteiger charge is 2.21. The molecule has 0 atom stereocenters. The van der Waals surface area contributed by atoms with Crippen molar-refractivity contribution >= 4 is 45.5 Å². The highest BCUT2D eigenvalue weighted by molar-refractivity contribution is 14.1. The molecule has 0 unspecified atom stereocenters. The van der Waals surface area contributed by atoms with Gasteiger partial charge in [-0.2, -0.15) is 4.98 Å². The van der Waals surface area contributed by atoms with Crippen molar-refractivity contribution in [3.63, 3.8) is 0 Å². The maximum Gasteiger partial charge on any atom is 0.256 e. The summed E-state index contributed by atoms with van der Waals surface area (Å²) in [5.74, 6) is -0.499. The van der Waals surface area contributed by atoms with Gasteiger partial charge in [0.25, 0.3) is 5.56 Å². The number of aryl methyl sites for hydroxylation is 1. The van der Waals surface area contributed by atoms with Crippen molar-refractivity contribution in [1.29, 1.82) is 0 Å². The first kappa shape index (κ1) is 25.2. The SMILES string of the molecule is Cc1cc(F)ccc1-c1nc(NCCCN2CCCC2=O)nc2c1ccc(=O)n2-c1c(F)cccc1I. The standard InChI is InChI=1S/C27H24F2IN5O2/c1-16-15-17(28)8-9-18(16)24-19-10-11-23(37)35(25-20(29)5-2-6-21(25)30)26(19)33-27(32-24)31-12-4-14-34-13-3-7-22(34)36/h2,5-6,8-11,15H,3-4,7,12-14H2,1H3,(H,31,32,33). The van der Waals surface area contributed by atoms with E-state index in [4.69, 9.17) is 4.98 Å². The number of pyridine rings is 1. The predicted octanol–water partition coefficient (Wildman–Crippen LogP) is 5.06. The van der Waals surface area contributed by atoms with Crippen molar-refractivity contribution in [3.05, 3.63) is 79.7 Å². The van der Waals surface area contributed by atoms with Crippen LogP contribution in [0.4, 0.5) is 14.7 Å². The number of hydrogen-bond acceptors (Lipinski definition) is 5. The minimum atomic E-state index is -0.551. The van der Waals surface area contributed by atoms with Gasteiger partial charge in [-0.05, 0) is 84.3 Å². The van der Waals surface area contributed by atoms with Crippen LogP contribution in [-0.4, -0.2) is 45.0 Å². The van der Waals surface area contributed by atoms with E-state index in [0.29, 0.717) is 51.7 Å². The quantitative estimate of drug-likeness (QED) is 0.232. The summed E-state index contributed by atoms with van der Waals surface area (Å²) in [7, 11) is 0. The maximum atomic E-state index is 15.0. The molecule has 0 radical (unpaired) electrons. The van der Waals surface area contributed by atoms with Crippen LogP contribution in [-0.2, 0) is 4.79 Å². The molecule has 0 saturated carbocycles. The van der Waals surface area contributed by atoms with Crippen molar-refractivity contribution in [2.45, 2.75) is 26.2 Å². The molecule has 1 fully saturated rings. The number of likely N-dealkylation sites (tertiary alicyclic amines) is 1. The largest absolute Gasteiger partial charge is 0.354 e. The molecule has 7 nitrogen and oxygen atoms in total. The normalized spacial score (nSPS) is 13.5. The Morgan fingerprint density at radius 2 is 1.92 bits per heavy atom. The second kappa shape index (κ2) is 10.5. The Morgan fingerprint density at radius 3 is 2.65 bits per heavy atom. The van der Waals surface area contributed by atoms with Crippen LogP contribution in [0.15, 0.2) is 53.3 Å². The van der Waals surface area contributed by atoms with Crippen molar-refractivity contribution in [2.75, 3.05) is 25.0 Å². The lowest BCUT2D eigenvalue weighted by atomic mass is 10.0. The fraction of sp³-hybridized carbons (Fsp3) is 0.259. The molecule has 0 spiro atoms. The van der Waals surface area contributed by atoms with Crippen LogP contribution in [0.2, 0.25) is 0 Å². The molecule has 1 aliphatic rings. The van der Waals surface area contributed by atoms with Gasteiger partial charge >= 0.3 is 0 Å². The molecular weight excluding hydrogens is 591 g/mol. The number of carbonyl (C=O) groups excluding carboxylic acids is 1. The molecule has 37 heavy (non-hydrogen) atoms. The number of halogens is 3. The van der Waals surface area contributed by atoms with Gasteiger partial charge < -0.3 is 10.2 Å². The smallest absolute Gasteiger partial charge is 0.256 e. The summed E-state index contributed by atoms with van der Waals surface area (Å²) >= 11 is 1.99. The van der Waals surface area contributed by atoms with Gasteiger partial charge in [0, 0.05) is 46.6 Å². The molecule has 10 heteroatoms. The van der Waals surface area contributed by atoms with Gasteiger partial charge in [0.2, 0.25) is 11.9 Å². The zero-order valence-corrected chi connectivity index (χ0v) is 22.3. The fourth-order valence-corrected chi connectivity index (χ4v) is 5.33. The van der Waals surface area contributed by atoms with Crippen LogP contribution in [0.5, 0.6) is 0 Å². The number of benzene rings is 2. The van der Waals surface area contributed by atoms with Crippen molar-refractivity contribution in [2.24, 2.45) is 0 Å². The molecule has 1 amide bonds. The van der Waals surface area contributed by atoms with Crippen molar-refractivity contribution in [1.82, 2.24) is 19.4 Å². The van der Waals surface area contributed by atoms with E-state index in [-0.39, 0.29) is 29.0 Å².